The first-order valence-electron chi connectivity index (χ1n) is 7.98. The molecule has 0 fully saturated rings. The first kappa shape index (κ1) is 18.2. The van der Waals surface area contributed by atoms with E-state index < -0.39 is 0 Å². The summed E-state index contributed by atoms with van der Waals surface area (Å²) in [6, 6.07) is 7.85. The SMILES string of the molecule is CCCCCOC(=O)CCCC(=O)OCc1cccc(C)c1. The van der Waals surface area contributed by atoms with E-state index >= 15 is 0 Å². The first-order chi connectivity index (χ1) is 10.6. The van der Waals surface area contributed by atoms with Crippen LogP contribution in [0.25, 0.3) is 0 Å². The average Bonchev–Trinajstić information content (AvgIpc) is 2.50. The van der Waals surface area contributed by atoms with Gasteiger partial charge in [0.2, 0.25) is 0 Å². The predicted molar refractivity (Wildman–Crippen MR) is 85.3 cm³/mol. The zero-order valence-electron chi connectivity index (χ0n) is 13.6. The van der Waals surface area contributed by atoms with Gasteiger partial charge in [-0.2, -0.15) is 0 Å². The van der Waals surface area contributed by atoms with Gasteiger partial charge in [-0.05, 0) is 25.3 Å². The molecular weight excluding hydrogens is 280 g/mol. The van der Waals surface area contributed by atoms with Crippen LogP contribution in [0.15, 0.2) is 24.3 Å². The summed E-state index contributed by atoms with van der Waals surface area (Å²) in [6.07, 6.45) is 4.06. The molecule has 0 bridgehead atoms. The lowest BCUT2D eigenvalue weighted by atomic mass is 10.1. The Morgan fingerprint density at radius 2 is 1.73 bits per heavy atom. The summed E-state index contributed by atoms with van der Waals surface area (Å²) >= 11 is 0. The van der Waals surface area contributed by atoms with Crippen molar-refractivity contribution in [3.63, 3.8) is 0 Å². The summed E-state index contributed by atoms with van der Waals surface area (Å²) < 4.78 is 10.3. The number of carbonyl (C=O) groups is 2. The summed E-state index contributed by atoms with van der Waals surface area (Å²) in [4.78, 5) is 23.0. The Morgan fingerprint density at radius 1 is 1.00 bits per heavy atom. The van der Waals surface area contributed by atoms with Gasteiger partial charge in [-0.1, -0.05) is 49.6 Å². The number of unbranched alkanes of at least 4 members (excludes halogenated alkanes) is 2. The van der Waals surface area contributed by atoms with E-state index in [1.54, 1.807) is 0 Å². The number of hydrogen-bond donors (Lipinski definition) is 0. The van der Waals surface area contributed by atoms with Crippen molar-refractivity contribution < 1.29 is 19.1 Å². The molecule has 122 valence electrons. The molecule has 22 heavy (non-hydrogen) atoms. The highest BCUT2D eigenvalue weighted by Crippen LogP contribution is 2.07. The monoisotopic (exact) mass is 306 g/mol. The van der Waals surface area contributed by atoms with E-state index in [4.69, 9.17) is 9.47 Å². The lowest BCUT2D eigenvalue weighted by Gasteiger charge is -2.06. The van der Waals surface area contributed by atoms with Crippen LogP contribution < -0.4 is 0 Å². The highest BCUT2D eigenvalue weighted by atomic mass is 16.5. The summed E-state index contributed by atoms with van der Waals surface area (Å²) in [5, 5.41) is 0. The van der Waals surface area contributed by atoms with Crippen LogP contribution in [0.2, 0.25) is 0 Å². The maximum atomic E-state index is 11.6. The maximum Gasteiger partial charge on any atom is 0.306 e. The third-order valence-electron chi connectivity index (χ3n) is 3.26. The predicted octanol–water partition coefficient (Wildman–Crippen LogP) is 3.94. The third-order valence-corrected chi connectivity index (χ3v) is 3.26. The molecule has 4 nitrogen and oxygen atoms in total. The minimum absolute atomic E-state index is 0.234. The molecule has 0 atom stereocenters. The highest BCUT2D eigenvalue weighted by molar-refractivity contribution is 5.72. The zero-order valence-corrected chi connectivity index (χ0v) is 13.6. The van der Waals surface area contributed by atoms with Gasteiger partial charge in [-0.3, -0.25) is 9.59 Å². The van der Waals surface area contributed by atoms with Crippen molar-refractivity contribution in [3.05, 3.63) is 35.4 Å². The van der Waals surface area contributed by atoms with E-state index in [0.717, 1.165) is 30.4 Å². The molecular formula is C18H26O4. The number of benzene rings is 1. The Balaban J connectivity index is 2.09. The third kappa shape index (κ3) is 8.45. The van der Waals surface area contributed by atoms with Gasteiger partial charge in [-0.25, -0.2) is 0 Å². The molecule has 0 amide bonds. The standard InChI is InChI=1S/C18H26O4/c1-3-4-5-12-21-17(19)10-7-11-18(20)22-14-16-9-6-8-15(2)13-16/h6,8-9,13H,3-5,7,10-12,14H2,1-2H3. The molecule has 0 N–H and O–H groups in total. The highest BCUT2D eigenvalue weighted by Gasteiger charge is 2.07. The fraction of sp³-hybridized carbons (Fsp3) is 0.556. The van der Waals surface area contributed by atoms with Crippen molar-refractivity contribution in [1.82, 2.24) is 0 Å². The van der Waals surface area contributed by atoms with E-state index in [0.29, 0.717) is 13.0 Å². The minimum Gasteiger partial charge on any atom is -0.466 e. The molecule has 0 aliphatic rings. The summed E-state index contributed by atoms with van der Waals surface area (Å²) in [5.74, 6) is -0.511. The topological polar surface area (TPSA) is 52.6 Å². The Morgan fingerprint density at radius 3 is 2.41 bits per heavy atom. The van der Waals surface area contributed by atoms with Crippen molar-refractivity contribution >= 4 is 11.9 Å². The number of carbonyl (C=O) groups excluding carboxylic acids is 2. The van der Waals surface area contributed by atoms with Gasteiger partial charge in [-0.15, -0.1) is 0 Å². The molecule has 0 unspecified atom stereocenters. The molecule has 0 spiro atoms. The van der Waals surface area contributed by atoms with Crippen LogP contribution in [0.5, 0.6) is 0 Å². The number of hydrogen-bond acceptors (Lipinski definition) is 4. The number of ether oxygens (including phenoxy) is 2. The van der Waals surface area contributed by atoms with Crippen molar-refractivity contribution in [1.29, 1.82) is 0 Å². The Bertz CT molecular complexity index is 468. The zero-order chi connectivity index (χ0) is 16.2. The molecule has 1 rings (SSSR count). The molecule has 0 saturated carbocycles. The molecule has 0 aliphatic carbocycles. The van der Waals surface area contributed by atoms with Crippen molar-refractivity contribution in [2.45, 2.75) is 59.0 Å². The van der Waals surface area contributed by atoms with Crippen LogP contribution in [0, 0.1) is 6.92 Å². The molecule has 0 radical (unpaired) electrons. The van der Waals surface area contributed by atoms with Crippen LogP contribution >= 0.6 is 0 Å². The lowest BCUT2D eigenvalue weighted by molar-refractivity contribution is -0.146. The van der Waals surface area contributed by atoms with Gasteiger partial charge in [0.05, 0.1) is 6.61 Å². The molecule has 4 heteroatoms. The smallest absolute Gasteiger partial charge is 0.306 e. The fourth-order valence-corrected chi connectivity index (χ4v) is 2.03. The second-order valence-electron chi connectivity index (χ2n) is 5.43. The number of aryl methyl sites for hydroxylation is 1. The number of rotatable bonds is 10. The Hall–Kier alpha value is -1.84. The van der Waals surface area contributed by atoms with E-state index in [2.05, 4.69) is 6.92 Å². The molecule has 0 saturated heterocycles. The summed E-state index contributed by atoms with van der Waals surface area (Å²) in [5.41, 5.74) is 2.11. The molecule has 0 aliphatic heterocycles. The second kappa shape index (κ2) is 10.8. The van der Waals surface area contributed by atoms with E-state index in [1.807, 2.05) is 31.2 Å². The fourth-order valence-electron chi connectivity index (χ4n) is 2.03. The van der Waals surface area contributed by atoms with Crippen LogP contribution in [0.4, 0.5) is 0 Å². The molecule has 0 aromatic heterocycles. The van der Waals surface area contributed by atoms with Crippen molar-refractivity contribution in [2.24, 2.45) is 0 Å². The lowest BCUT2D eigenvalue weighted by Crippen LogP contribution is -2.08. The average molecular weight is 306 g/mol. The van der Waals surface area contributed by atoms with Crippen LogP contribution in [-0.4, -0.2) is 18.5 Å². The van der Waals surface area contributed by atoms with E-state index in [9.17, 15) is 9.59 Å². The van der Waals surface area contributed by atoms with E-state index in [-0.39, 0.29) is 31.4 Å². The van der Waals surface area contributed by atoms with Crippen LogP contribution in [0.1, 0.15) is 56.6 Å². The van der Waals surface area contributed by atoms with Crippen molar-refractivity contribution in [2.75, 3.05) is 6.61 Å². The quantitative estimate of drug-likeness (QED) is 0.485. The van der Waals surface area contributed by atoms with Crippen molar-refractivity contribution in [3.8, 4) is 0 Å². The van der Waals surface area contributed by atoms with Gasteiger partial charge in [0.15, 0.2) is 0 Å². The molecule has 1 aromatic rings. The van der Waals surface area contributed by atoms with Crippen LogP contribution in [0.3, 0.4) is 0 Å². The van der Waals surface area contributed by atoms with Gasteiger partial charge in [0.1, 0.15) is 6.61 Å². The van der Waals surface area contributed by atoms with Gasteiger partial charge in [0.25, 0.3) is 0 Å². The Labute approximate surface area is 132 Å². The number of esters is 2. The molecule has 0 heterocycles. The van der Waals surface area contributed by atoms with E-state index in [1.165, 1.54) is 0 Å². The maximum absolute atomic E-state index is 11.6. The summed E-state index contributed by atoms with van der Waals surface area (Å²) in [6.45, 7) is 4.86. The minimum atomic E-state index is -0.278. The summed E-state index contributed by atoms with van der Waals surface area (Å²) in [7, 11) is 0. The van der Waals surface area contributed by atoms with Crippen LogP contribution in [-0.2, 0) is 25.7 Å². The molecule has 1 aromatic carbocycles. The Kier molecular flexibility index (Phi) is 8.96. The largest absolute Gasteiger partial charge is 0.466 e. The van der Waals surface area contributed by atoms with Gasteiger partial charge >= 0.3 is 11.9 Å². The van der Waals surface area contributed by atoms with Gasteiger partial charge < -0.3 is 9.47 Å². The first-order valence-corrected chi connectivity index (χ1v) is 7.98. The normalized spacial score (nSPS) is 10.3. The second-order valence-corrected chi connectivity index (χ2v) is 5.43. The van der Waals surface area contributed by atoms with Gasteiger partial charge in [0, 0.05) is 12.8 Å².